The van der Waals surface area contributed by atoms with Gasteiger partial charge in [-0.3, -0.25) is 19.2 Å². The van der Waals surface area contributed by atoms with Crippen LogP contribution in [0.3, 0.4) is 0 Å². The zero-order chi connectivity index (χ0) is 92.5. The van der Waals surface area contributed by atoms with Gasteiger partial charge in [-0.25, -0.2) is 19.2 Å². The van der Waals surface area contributed by atoms with Gasteiger partial charge in [0.05, 0.1) is 48.7 Å². The van der Waals surface area contributed by atoms with Crippen LogP contribution in [-0.4, -0.2) is 86.7 Å². The van der Waals surface area contributed by atoms with Crippen molar-refractivity contribution in [3.8, 4) is 39.1 Å². The van der Waals surface area contributed by atoms with Crippen LogP contribution in [0.1, 0.15) is 218 Å². The van der Waals surface area contributed by atoms with E-state index in [9.17, 15) is 38.4 Å². The second-order valence-electron chi connectivity index (χ2n) is 37.9. The molecule has 18 nitrogen and oxygen atoms in total. The minimum Gasteiger partial charge on any atom is -0.497 e. The van der Waals surface area contributed by atoms with Gasteiger partial charge in [-0.1, -0.05) is 261 Å². The van der Waals surface area contributed by atoms with Crippen LogP contribution >= 0.6 is 0 Å². The summed E-state index contributed by atoms with van der Waals surface area (Å²) in [6.45, 7) is 29.8. The summed E-state index contributed by atoms with van der Waals surface area (Å²) in [5.41, 5.74) is 23.9. The number of rotatable bonds is 19. The largest absolute Gasteiger partial charge is 0.497 e. The summed E-state index contributed by atoms with van der Waals surface area (Å²) in [5, 5.41) is 13.6. The number of esters is 4. The molecule has 5 heterocycles. The van der Waals surface area contributed by atoms with Crippen molar-refractivity contribution in [3.63, 3.8) is 0 Å². The van der Waals surface area contributed by atoms with Gasteiger partial charge >= 0.3 is 23.9 Å². The first kappa shape index (κ1) is 93.4. The van der Waals surface area contributed by atoms with E-state index >= 15 is 0 Å². The molecule has 130 heavy (non-hydrogen) atoms. The Hall–Kier alpha value is -12.8. The number of aryl methyl sites for hydroxylation is 1. The van der Waals surface area contributed by atoms with Gasteiger partial charge in [0.1, 0.15) is 19.0 Å². The van der Waals surface area contributed by atoms with E-state index in [1.54, 1.807) is 21.0 Å². The SMILES string of the molecule is CC1=C(C(=O)OCC2CCCO2)C(c2ccc(-c3ccccc3)cc2)C2=C(CC(C)(C)CC2=O)N1.CCOC(=O)C1=C(C)NC2=C(C(=O)CC(C)(C)C2)C1c1ccc(-c2ccccc2)cc1.CCOC(=O)C1=C(CC)NC2=C(C(=O)CC(C)(C)C2)C1c1ccc(C)cc1.COc1ccc(COC(=O)C2=C(C)NC3=C(C(=O)CC(C)C3)C2c2ccc(-c3ccccc3)cc2)cc1. The van der Waals surface area contributed by atoms with E-state index < -0.39 is 23.7 Å². The third-order valence-electron chi connectivity index (χ3n) is 25.8. The number of carbonyl (C=O) groups excluding carboxylic acids is 8. The molecule has 1 saturated heterocycles. The molecule has 0 radical (unpaired) electrons. The van der Waals surface area contributed by atoms with Crippen LogP contribution in [0.25, 0.3) is 33.4 Å². The van der Waals surface area contributed by atoms with Gasteiger partial charge in [0.2, 0.25) is 0 Å². The van der Waals surface area contributed by atoms with Crippen molar-refractivity contribution in [1.29, 1.82) is 0 Å². The van der Waals surface area contributed by atoms with E-state index in [1.165, 1.54) is 0 Å². The topological polar surface area (TPSA) is 240 Å². The Morgan fingerprint density at radius 2 is 0.731 bits per heavy atom. The van der Waals surface area contributed by atoms with E-state index in [0.29, 0.717) is 90.9 Å². The molecule has 6 atom stereocenters. The number of ether oxygens (including phenoxy) is 6. The molecular weight excluding hydrogens is 1630 g/mol. The summed E-state index contributed by atoms with van der Waals surface area (Å²) in [5.74, 6) is -1.78. The maximum absolute atomic E-state index is 13.5. The number of methoxy groups -OCH3 is 1. The zero-order valence-corrected chi connectivity index (χ0v) is 77.7. The van der Waals surface area contributed by atoms with Gasteiger partial charge in [0.15, 0.2) is 23.1 Å². The number of hydrogen-bond donors (Lipinski definition) is 4. The molecule has 8 aromatic carbocycles. The smallest absolute Gasteiger partial charge is 0.337 e. The van der Waals surface area contributed by atoms with Crippen molar-refractivity contribution in [3.05, 3.63) is 336 Å². The standard InChI is InChI=1S/C32H31NO4.C30H33NO4.C27H29NO3.C23H29NO3/c1-20-17-27-31(28(34)18-20)30(25-13-11-24(12-14-25)23-7-5-4-6-8-23)29(21(2)33-27)32(35)37-19-22-9-15-26(36-3)16-10-22;1-19-26(29(33)35-18-23-10-7-15-34-23)27(28-24(31-19)16-30(2,3)17-25(28)32)22-13-11-21(12-14-22)20-8-5-4-6-9-20;1-5-31-26(30)23-17(2)28-21-15-27(3,4)16-22(29)25(21)24(23)20-13-11-19(12-14-20)18-9-7-6-8-10-18;1-6-16-21(22(26)27-7-2)19(15-10-8-14(3)9-11-15)20-17(24-16)12-23(4,5)13-18(20)25/h4-16,20,30,33H,17-19H2,1-3H3;4-6,8-9,11-14,23,27,31H,7,10,15-18H2,1-3H3;6-14,24,28H,5,15-16H2,1-4H3;8-11,19,24H,6-7,12-13H2,1-5H3. The Morgan fingerprint density at radius 3 is 1.11 bits per heavy atom. The summed E-state index contributed by atoms with van der Waals surface area (Å²) >= 11 is 0. The number of dihydropyridines is 4. The second-order valence-corrected chi connectivity index (χ2v) is 37.9. The van der Waals surface area contributed by atoms with E-state index in [2.05, 4.69) is 143 Å². The quantitative estimate of drug-likeness (QED) is 0.0435. The van der Waals surface area contributed by atoms with Crippen LogP contribution in [0.5, 0.6) is 5.75 Å². The van der Waals surface area contributed by atoms with E-state index in [4.69, 9.17) is 28.4 Å². The lowest BCUT2D eigenvalue weighted by Crippen LogP contribution is -2.39. The summed E-state index contributed by atoms with van der Waals surface area (Å²) in [6, 6.07) is 70.6. The van der Waals surface area contributed by atoms with Crippen LogP contribution in [0.15, 0.2) is 302 Å². The normalized spacial score (nSPS) is 21.2. The lowest BCUT2D eigenvalue weighted by Gasteiger charge is -2.40. The van der Waals surface area contributed by atoms with Crippen LogP contribution in [-0.2, 0) is 68.6 Å². The van der Waals surface area contributed by atoms with Gasteiger partial charge < -0.3 is 49.7 Å². The van der Waals surface area contributed by atoms with Crippen molar-refractivity contribution < 1.29 is 66.8 Å². The molecule has 0 spiro atoms. The molecule has 9 aliphatic rings. The van der Waals surface area contributed by atoms with Crippen LogP contribution in [0.2, 0.25) is 0 Å². The minimum atomic E-state index is -0.468. The second kappa shape index (κ2) is 40.5. The Bertz CT molecular complexity index is 5900. The lowest BCUT2D eigenvalue weighted by atomic mass is 9.68. The molecule has 5 aliphatic heterocycles. The first-order valence-electron chi connectivity index (χ1n) is 45.8. The van der Waals surface area contributed by atoms with Crippen molar-refractivity contribution in [2.24, 2.45) is 22.2 Å². The third-order valence-corrected chi connectivity index (χ3v) is 25.8. The van der Waals surface area contributed by atoms with Crippen LogP contribution < -0.4 is 26.0 Å². The number of benzene rings is 8. The molecule has 0 saturated carbocycles. The number of ketones is 4. The number of allylic oxidation sites excluding steroid dienone is 12. The highest BCUT2D eigenvalue weighted by atomic mass is 16.6. The molecule has 8 aromatic rings. The third kappa shape index (κ3) is 21.2. The summed E-state index contributed by atoms with van der Waals surface area (Å²) in [7, 11) is 1.61. The molecule has 0 aromatic heterocycles. The van der Waals surface area contributed by atoms with Crippen molar-refractivity contribution >= 4 is 47.0 Å². The Balaban J connectivity index is 0.000000141. The molecule has 17 rings (SSSR count). The number of carbonyl (C=O) groups is 8. The molecule has 1 fully saturated rings. The van der Waals surface area contributed by atoms with E-state index in [0.717, 1.165) is 162 Å². The van der Waals surface area contributed by atoms with E-state index in [1.807, 2.05) is 174 Å². The zero-order valence-electron chi connectivity index (χ0n) is 77.7. The van der Waals surface area contributed by atoms with Gasteiger partial charge in [0, 0.05) is 124 Å². The number of nitrogens with one attached hydrogen (secondary N) is 4. The van der Waals surface area contributed by atoms with E-state index in [-0.39, 0.29) is 88.4 Å². The van der Waals surface area contributed by atoms with Gasteiger partial charge in [0.25, 0.3) is 0 Å². The first-order chi connectivity index (χ1) is 62.3. The first-order valence-corrected chi connectivity index (χ1v) is 45.8. The predicted octanol–water partition coefficient (Wildman–Crippen LogP) is 22.1. The van der Waals surface area contributed by atoms with Gasteiger partial charge in [-0.15, -0.1) is 0 Å². The fourth-order valence-corrected chi connectivity index (χ4v) is 19.8. The molecule has 18 heteroatoms. The van der Waals surface area contributed by atoms with Gasteiger partial charge in [-0.2, -0.15) is 0 Å². The minimum absolute atomic E-state index is 0.0492. The average molecular weight is 1750 g/mol. The highest BCUT2D eigenvalue weighted by Crippen LogP contribution is 2.52. The Morgan fingerprint density at radius 1 is 0.385 bits per heavy atom. The van der Waals surface area contributed by atoms with Crippen LogP contribution in [0.4, 0.5) is 0 Å². The summed E-state index contributed by atoms with van der Waals surface area (Å²) in [4.78, 5) is 106. The molecular formula is C112H122N4O14. The molecule has 0 amide bonds. The van der Waals surface area contributed by atoms with Gasteiger partial charge in [-0.05, 0) is 182 Å². The highest BCUT2D eigenvalue weighted by Gasteiger charge is 2.48. The summed E-state index contributed by atoms with van der Waals surface area (Å²) in [6.07, 6.45) is 7.56. The lowest BCUT2D eigenvalue weighted by molar-refractivity contribution is -0.143. The summed E-state index contributed by atoms with van der Waals surface area (Å²) < 4.78 is 33.1. The molecule has 674 valence electrons. The Kier molecular flexibility index (Phi) is 29.1. The molecule has 0 bridgehead atoms. The Labute approximate surface area is 765 Å². The fourth-order valence-electron chi connectivity index (χ4n) is 19.8. The molecule has 4 N–H and O–H groups in total. The van der Waals surface area contributed by atoms with Crippen molar-refractivity contribution in [1.82, 2.24) is 21.3 Å². The van der Waals surface area contributed by atoms with Crippen molar-refractivity contribution in [2.75, 3.05) is 33.5 Å². The molecule has 6 unspecified atom stereocenters. The number of hydrogen-bond acceptors (Lipinski definition) is 18. The maximum atomic E-state index is 13.5. The molecule has 4 aliphatic carbocycles. The average Bonchev–Trinajstić information content (AvgIpc) is 0.838. The number of Topliss-reactive ketones (excluding diaryl/α,β-unsaturated/α-hetero) is 4. The maximum Gasteiger partial charge on any atom is 0.337 e. The monoisotopic (exact) mass is 1750 g/mol. The fraction of sp³-hybridized carbons (Fsp3) is 0.357. The highest BCUT2D eigenvalue weighted by molar-refractivity contribution is 6.07. The predicted molar refractivity (Wildman–Crippen MR) is 507 cm³/mol. The van der Waals surface area contributed by atoms with Crippen molar-refractivity contribution in [2.45, 2.75) is 204 Å². The van der Waals surface area contributed by atoms with Crippen LogP contribution in [0, 0.1) is 29.1 Å².